The maximum atomic E-state index is 12.5. The van der Waals surface area contributed by atoms with E-state index in [1.165, 1.54) is 12.1 Å². The van der Waals surface area contributed by atoms with Crippen LogP contribution in [0.15, 0.2) is 38.7 Å². The zero-order valence-electron chi connectivity index (χ0n) is 15.3. The Morgan fingerprint density at radius 1 is 1.11 bits per heavy atom. The van der Waals surface area contributed by atoms with Crippen molar-refractivity contribution in [2.24, 2.45) is 4.99 Å². The van der Waals surface area contributed by atoms with E-state index in [-0.39, 0.29) is 10.8 Å². The number of aryl methyl sites for hydroxylation is 2. The van der Waals surface area contributed by atoms with Crippen LogP contribution in [-0.4, -0.2) is 31.9 Å². The van der Waals surface area contributed by atoms with E-state index in [1.807, 2.05) is 0 Å². The average molecular weight is 390 g/mol. The van der Waals surface area contributed by atoms with E-state index in [9.17, 15) is 13.2 Å². The number of benzene rings is 1. The second kappa shape index (κ2) is 7.91. The van der Waals surface area contributed by atoms with Gasteiger partial charge in [-0.05, 0) is 51.0 Å². The molecule has 2 heterocycles. The molecule has 0 unspecified atom stereocenters. The first-order valence-electron chi connectivity index (χ1n) is 8.77. The van der Waals surface area contributed by atoms with Crippen LogP contribution >= 0.6 is 0 Å². The van der Waals surface area contributed by atoms with E-state index in [1.54, 1.807) is 26.0 Å². The van der Waals surface area contributed by atoms with Crippen molar-refractivity contribution in [1.82, 2.24) is 9.88 Å². The fraction of sp³-hybridized carbons (Fsp3) is 0.389. The van der Waals surface area contributed by atoms with Gasteiger partial charge in [-0.3, -0.25) is 14.5 Å². The summed E-state index contributed by atoms with van der Waals surface area (Å²) >= 11 is 0. The number of hydrogen-bond donors (Lipinski definition) is 2. The number of hydrogen-bond acceptors (Lipinski definition) is 6. The van der Waals surface area contributed by atoms with E-state index in [0.29, 0.717) is 41.5 Å². The van der Waals surface area contributed by atoms with Gasteiger partial charge in [-0.15, -0.1) is 0 Å². The summed E-state index contributed by atoms with van der Waals surface area (Å²) in [5.41, 5.74) is 1.35. The lowest BCUT2D eigenvalue weighted by molar-refractivity contribution is 0.102. The molecule has 8 nitrogen and oxygen atoms in total. The van der Waals surface area contributed by atoms with Gasteiger partial charge in [-0.1, -0.05) is 11.6 Å². The van der Waals surface area contributed by atoms with Crippen molar-refractivity contribution < 1.29 is 17.7 Å². The normalized spacial score (nSPS) is 15.0. The monoisotopic (exact) mass is 390 g/mol. The SMILES string of the molecule is Cc1noc(C)c1C(=O)Nc1ccc(S(=O)(=O)NC2=NCCCCC2)cc1. The second-order valence-corrected chi connectivity index (χ2v) is 8.10. The highest BCUT2D eigenvalue weighted by molar-refractivity contribution is 7.90. The first-order chi connectivity index (χ1) is 12.9. The van der Waals surface area contributed by atoms with Crippen molar-refractivity contribution in [2.45, 2.75) is 44.4 Å². The first kappa shape index (κ1) is 19.1. The molecule has 144 valence electrons. The van der Waals surface area contributed by atoms with Crippen LogP contribution in [0.4, 0.5) is 5.69 Å². The number of aliphatic imine (C=N–C) groups is 1. The summed E-state index contributed by atoms with van der Waals surface area (Å²) in [5, 5.41) is 6.47. The van der Waals surface area contributed by atoms with E-state index < -0.39 is 10.0 Å². The molecular weight excluding hydrogens is 368 g/mol. The van der Waals surface area contributed by atoms with Crippen molar-refractivity contribution in [3.05, 3.63) is 41.3 Å². The van der Waals surface area contributed by atoms with Crippen LogP contribution in [0.3, 0.4) is 0 Å². The zero-order valence-corrected chi connectivity index (χ0v) is 16.1. The number of sulfonamides is 1. The maximum absolute atomic E-state index is 12.5. The van der Waals surface area contributed by atoms with E-state index in [2.05, 4.69) is 20.2 Å². The van der Waals surface area contributed by atoms with Crippen LogP contribution in [0.2, 0.25) is 0 Å². The predicted octanol–water partition coefficient (Wildman–Crippen LogP) is 2.79. The lowest BCUT2D eigenvalue weighted by atomic mass is 10.2. The Kier molecular flexibility index (Phi) is 5.59. The van der Waals surface area contributed by atoms with Gasteiger partial charge in [0.15, 0.2) is 0 Å². The lowest BCUT2D eigenvalue weighted by Crippen LogP contribution is -2.30. The molecule has 9 heteroatoms. The summed E-state index contributed by atoms with van der Waals surface area (Å²) in [6.07, 6.45) is 3.58. The summed E-state index contributed by atoms with van der Waals surface area (Å²) < 4.78 is 32.6. The van der Waals surface area contributed by atoms with Gasteiger partial charge in [-0.2, -0.15) is 0 Å². The molecule has 27 heavy (non-hydrogen) atoms. The van der Waals surface area contributed by atoms with Crippen LogP contribution in [0, 0.1) is 13.8 Å². The Balaban J connectivity index is 1.71. The van der Waals surface area contributed by atoms with Gasteiger partial charge < -0.3 is 9.84 Å². The van der Waals surface area contributed by atoms with E-state index in [0.717, 1.165) is 19.3 Å². The lowest BCUT2D eigenvalue weighted by Gasteiger charge is -2.10. The molecule has 0 aliphatic carbocycles. The minimum Gasteiger partial charge on any atom is -0.361 e. The van der Waals surface area contributed by atoms with Gasteiger partial charge in [0.2, 0.25) is 0 Å². The third-order valence-corrected chi connectivity index (χ3v) is 5.71. The molecule has 2 aromatic rings. The molecular formula is C18H22N4O4S. The Bertz CT molecular complexity index is 942. The third kappa shape index (κ3) is 4.54. The number of anilines is 1. The van der Waals surface area contributed by atoms with Gasteiger partial charge in [0.25, 0.3) is 15.9 Å². The third-order valence-electron chi connectivity index (χ3n) is 4.31. The quantitative estimate of drug-likeness (QED) is 0.833. The summed E-state index contributed by atoms with van der Waals surface area (Å²) in [4.78, 5) is 16.7. The summed E-state index contributed by atoms with van der Waals surface area (Å²) in [7, 11) is -3.70. The van der Waals surface area contributed by atoms with E-state index >= 15 is 0 Å². The molecule has 0 spiro atoms. The number of nitrogens with one attached hydrogen (secondary N) is 2. The zero-order chi connectivity index (χ0) is 19.4. The molecule has 1 aliphatic heterocycles. The van der Waals surface area contributed by atoms with Gasteiger partial charge in [-0.25, -0.2) is 8.42 Å². The molecule has 0 saturated carbocycles. The highest BCUT2D eigenvalue weighted by Crippen LogP contribution is 2.18. The molecule has 1 amide bonds. The number of amides is 1. The largest absolute Gasteiger partial charge is 0.361 e. The molecule has 1 aliphatic rings. The van der Waals surface area contributed by atoms with E-state index in [4.69, 9.17) is 4.52 Å². The van der Waals surface area contributed by atoms with Crippen molar-refractivity contribution in [3.63, 3.8) is 0 Å². The fourth-order valence-corrected chi connectivity index (χ4v) is 3.98. The maximum Gasteiger partial charge on any atom is 0.262 e. The second-order valence-electron chi connectivity index (χ2n) is 6.42. The topological polar surface area (TPSA) is 114 Å². The number of amidine groups is 1. The summed E-state index contributed by atoms with van der Waals surface area (Å²) in [6.45, 7) is 3.99. The fourth-order valence-electron chi connectivity index (χ4n) is 2.89. The molecule has 0 saturated heterocycles. The Hall–Kier alpha value is -2.68. The molecule has 0 radical (unpaired) electrons. The van der Waals surface area contributed by atoms with Crippen molar-refractivity contribution in [3.8, 4) is 0 Å². The molecule has 0 atom stereocenters. The minimum atomic E-state index is -3.70. The average Bonchev–Trinajstić information content (AvgIpc) is 2.81. The minimum absolute atomic E-state index is 0.116. The molecule has 0 fully saturated rings. The first-order valence-corrected chi connectivity index (χ1v) is 10.3. The Morgan fingerprint density at radius 2 is 1.85 bits per heavy atom. The number of rotatable bonds is 4. The Morgan fingerprint density at radius 3 is 2.52 bits per heavy atom. The Labute approximate surface area is 158 Å². The van der Waals surface area contributed by atoms with Crippen LogP contribution in [0.25, 0.3) is 0 Å². The summed E-state index contributed by atoms with van der Waals surface area (Å²) in [5.74, 6) is 0.577. The highest BCUT2D eigenvalue weighted by atomic mass is 32.2. The summed E-state index contributed by atoms with van der Waals surface area (Å²) in [6, 6.07) is 5.98. The standard InChI is InChI=1S/C18H22N4O4S/c1-12-17(13(2)26-21-12)18(23)20-14-7-9-15(10-8-14)27(24,25)22-16-6-4-3-5-11-19-16/h7-10H,3-6,11H2,1-2H3,(H,19,22)(H,20,23). The van der Waals surface area contributed by atoms with Crippen LogP contribution in [0.5, 0.6) is 0 Å². The number of nitrogens with zero attached hydrogens (tertiary/aromatic N) is 2. The number of carbonyl (C=O) groups excluding carboxylic acids is 1. The number of aromatic nitrogens is 1. The van der Waals surface area contributed by atoms with Crippen molar-refractivity contribution in [2.75, 3.05) is 11.9 Å². The van der Waals surface area contributed by atoms with Gasteiger partial charge >= 0.3 is 0 Å². The molecule has 1 aromatic heterocycles. The molecule has 3 rings (SSSR count). The number of carbonyl (C=O) groups is 1. The van der Waals surface area contributed by atoms with Gasteiger partial charge in [0.1, 0.15) is 17.2 Å². The van der Waals surface area contributed by atoms with Crippen LogP contribution < -0.4 is 10.0 Å². The predicted molar refractivity (Wildman–Crippen MR) is 101 cm³/mol. The highest BCUT2D eigenvalue weighted by Gasteiger charge is 2.19. The molecule has 1 aromatic carbocycles. The van der Waals surface area contributed by atoms with Crippen LogP contribution in [-0.2, 0) is 10.0 Å². The van der Waals surface area contributed by atoms with Crippen molar-refractivity contribution >= 4 is 27.5 Å². The van der Waals surface area contributed by atoms with Gasteiger partial charge in [0.05, 0.1) is 10.6 Å². The van der Waals surface area contributed by atoms with Crippen molar-refractivity contribution in [1.29, 1.82) is 0 Å². The van der Waals surface area contributed by atoms with Crippen LogP contribution in [0.1, 0.15) is 47.5 Å². The smallest absolute Gasteiger partial charge is 0.262 e. The molecule has 2 N–H and O–H groups in total. The van der Waals surface area contributed by atoms with Gasteiger partial charge in [0, 0.05) is 18.7 Å². The molecule has 0 bridgehead atoms.